The van der Waals surface area contributed by atoms with E-state index in [9.17, 15) is 0 Å². The molecule has 3 unspecified atom stereocenters. The number of hydrogen-bond donors (Lipinski definition) is 0. The molecule has 60 valence electrons. The molecule has 0 N–H and O–H groups in total. The Labute approximate surface area is 71.2 Å². The average molecular weight is 252 g/mol. The van der Waals surface area contributed by atoms with Gasteiger partial charge in [-0.1, -0.05) is 0 Å². The van der Waals surface area contributed by atoms with Crippen molar-refractivity contribution < 1.29 is 0 Å². The molecule has 2 aliphatic rings. The van der Waals surface area contributed by atoms with Gasteiger partial charge in [0.25, 0.3) is 0 Å². The summed E-state index contributed by atoms with van der Waals surface area (Å²) >= 11 is -0.286. The van der Waals surface area contributed by atoms with Gasteiger partial charge < -0.3 is 0 Å². The number of fused-ring (bicyclic) bond motifs is 1. The van der Waals surface area contributed by atoms with E-state index in [0.29, 0.717) is 0 Å². The maximum atomic E-state index is 2.59. The molecule has 0 bridgehead atoms. The number of alkyl halides is 3. The van der Waals surface area contributed by atoms with Gasteiger partial charge in [-0.2, -0.15) is 0 Å². The number of rotatable bonds is 1. The van der Waals surface area contributed by atoms with Crippen LogP contribution in [0.25, 0.3) is 0 Å². The van der Waals surface area contributed by atoms with Crippen molar-refractivity contribution in [3.8, 4) is 0 Å². The van der Waals surface area contributed by atoms with E-state index in [-0.39, 0.29) is 19.8 Å². The normalized spacial score (nSPS) is 48.6. The third-order valence-corrected chi connectivity index (χ3v) is 9.98. The molecule has 0 aromatic heterocycles. The second-order valence-electron chi connectivity index (χ2n) is 3.82. The van der Waals surface area contributed by atoms with Crippen molar-refractivity contribution in [3.05, 3.63) is 0 Å². The first kappa shape index (κ1) is 7.38. The van der Waals surface area contributed by atoms with Crippen LogP contribution in [0, 0.1) is 11.8 Å². The summed E-state index contributed by atoms with van der Waals surface area (Å²) in [6, 6.07) is 0. The van der Waals surface area contributed by atoms with E-state index in [1.54, 1.807) is 17.3 Å². The second-order valence-corrected chi connectivity index (χ2v) is 9.95. The Balaban J connectivity index is 1.93. The summed E-state index contributed by atoms with van der Waals surface area (Å²) < 4.78 is 3.00. The fraction of sp³-hybridized carbons (Fsp3) is 1.00. The SMILES string of the molecule is CCC1CC2CI(C)C2C1. The Kier molecular flexibility index (Phi) is 1.96. The van der Waals surface area contributed by atoms with Gasteiger partial charge in [0.05, 0.1) is 0 Å². The van der Waals surface area contributed by atoms with E-state index < -0.39 is 0 Å². The van der Waals surface area contributed by atoms with Gasteiger partial charge >= 0.3 is 71.1 Å². The maximum absolute atomic E-state index is 2.59. The molecule has 3 atom stereocenters. The zero-order valence-corrected chi connectivity index (χ0v) is 9.10. The van der Waals surface area contributed by atoms with Crippen molar-refractivity contribution in [1.82, 2.24) is 0 Å². The van der Waals surface area contributed by atoms with Gasteiger partial charge in [0.15, 0.2) is 0 Å². The molecule has 0 spiro atoms. The topological polar surface area (TPSA) is 0 Å². The van der Waals surface area contributed by atoms with Crippen molar-refractivity contribution in [1.29, 1.82) is 0 Å². The van der Waals surface area contributed by atoms with Crippen LogP contribution in [0.15, 0.2) is 0 Å². The monoisotopic (exact) mass is 252 g/mol. The van der Waals surface area contributed by atoms with Crippen molar-refractivity contribution >= 4 is 19.8 Å². The summed E-state index contributed by atoms with van der Waals surface area (Å²) in [4.78, 5) is 2.59. The molecule has 1 aliphatic carbocycles. The third kappa shape index (κ3) is 1.01. The average Bonchev–Trinajstić information content (AvgIpc) is 2.26. The van der Waals surface area contributed by atoms with Crippen LogP contribution in [-0.4, -0.2) is 13.3 Å². The van der Waals surface area contributed by atoms with Crippen molar-refractivity contribution in [2.75, 3.05) is 9.36 Å². The standard InChI is InChI=1S/C9H17I/c1-3-7-4-8-6-10(2)9(8)5-7/h7-9H,3-6H2,1-2H3. The van der Waals surface area contributed by atoms with E-state index in [1.807, 2.05) is 0 Å². The van der Waals surface area contributed by atoms with Crippen molar-refractivity contribution in [3.63, 3.8) is 0 Å². The Morgan fingerprint density at radius 1 is 1.40 bits per heavy atom. The zero-order chi connectivity index (χ0) is 7.14. The minimum atomic E-state index is -0.286. The van der Waals surface area contributed by atoms with Crippen LogP contribution in [0.4, 0.5) is 0 Å². The molecule has 0 aromatic rings. The van der Waals surface area contributed by atoms with Crippen LogP contribution < -0.4 is 0 Å². The summed E-state index contributed by atoms with van der Waals surface area (Å²) in [5, 5.41) is 0. The van der Waals surface area contributed by atoms with Crippen LogP contribution in [0.1, 0.15) is 26.2 Å². The van der Waals surface area contributed by atoms with Crippen LogP contribution in [-0.2, 0) is 0 Å². The molecular formula is C9H17I. The molecule has 1 heteroatoms. The predicted molar refractivity (Wildman–Crippen MR) is 55.1 cm³/mol. The van der Waals surface area contributed by atoms with Gasteiger partial charge in [-0.25, -0.2) is 0 Å². The van der Waals surface area contributed by atoms with Gasteiger partial charge in [-0.3, -0.25) is 0 Å². The Morgan fingerprint density at radius 2 is 2.20 bits per heavy atom. The molecule has 1 aliphatic heterocycles. The van der Waals surface area contributed by atoms with Gasteiger partial charge in [0.1, 0.15) is 0 Å². The molecule has 1 heterocycles. The van der Waals surface area contributed by atoms with Crippen molar-refractivity contribution in [2.24, 2.45) is 11.8 Å². The first-order valence-corrected chi connectivity index (χ1v) is 9.28. The van der Waals surface area contributed by atoms with Crippen LogP contribution in [0.5, 0.6) is 0 Å². The van der Waals surface area contributed by atoms with E-state index in [2.05, 4.69) is 11.9 Å². The fourth-order valence-electron chi connectivity index (χ4n) is 2.45. The minimum absolute atomic E-state index is 0.286. The van der Waals surface area contributed by atoms with E-state index in [0.717, 1.165) is 5.92 Å². The molecule has 1 saturated carbocycles. The molecular weight excluding hydrogens is 235 g/mol. The van der Waals surface area contributed by atoms with Gasteiger partial charge in [0.2, 0.25) is 0 Å². The van der Waals surface area contributed by atoms with Gasteiger partial charge in [-0.15, -0.1) is 0 Å². The summed E-state index contributed by atoms with van der Waals surface area (Å²) in [5.41, 5.74) is 0. The van der Waals surface area contributed by atoms with Crippen LogP contribution >= 0.6 is 19.8 Å². The first-order chi connectivity index (χ1) is 4.81. The third-order valence-electron chi connectivity index (χ3n) is 3.20. The van der Waals surface area contributed by atoms with Crippen molar-refractivity contribution in [2.45, 2.75) is 30.1 Å². The summed E-state index contributed by atoms with van der Waals surface area (Å²) in [5.74, 6) is 2.36. The van der Waals surface area contributed by atoms with E-state index in [4.69, 9.17) is 0 Å². The van der Waals surface area contributed by atoms with E-state index >= 15 is 0 Å². The molecule has 0 nitrogen and oxygen atoms in total. The molecule has 0 radical (unpaired) electrons. The number of halogens is 1. The fourth-order valence-corrected chi connectivity index (χ4v) is 8.78. The predicted octanol–water partition coefficient (Wildman–Crippen LogP) is 2.94. The summed E-state index contributed by atoms with van der Waals surface area (Å²) in [6.45, 7) is 2.36. The quantitative estimate of drug-likeness (QED) is 0.497. The molecule has 0 amide bonds. The second kappa shape index (κ2) is 2.65. The van der Waals surface area contributed by atoms with Gasteiger partial charge in [0, 0.05) is 0 Å². The molecule has 2 rings (SSSR count). The zero-order valence-electron chi connectivity index (χ0n) is 6.94. The Morgan fingerprint density at radius 3 is 2.70 bits per heavy atom. The molecule has 1 saturated heterocycles. The van der Waals surface area contributed by atoms with Gasteiger partial charge in [-0.05, 0) is 0 Å². The summed E-state index contributed by atoms with van der Waals surface area (Å²) in [7, 11) is 0. The summed E-state index contributed by atoms with van der Waals surface area (Å²) in [6.07, 6.45) is 4.68. The molecule has 10 heavy (non-hydrogen) atoms. The van der Waals surface area contributed by atoms with Crippen LogP contribution in [0.2, 0.25) is 0 Å². The number of hydrogen-bond acceptors (Lipinski definition) is 0. The van der Waals surface area contributed by atoms with E-state index in [1.165, 1.54) is 16.3 Å². The molecule has 2 fully saturated rings. The Bertz CT molecular complexity index is 133. The van der Waals surface area contributed by atoms with Crippen LogP contribution in [0.3, 0.4) is 0 Å². The first-order valence-electron chi connectivity index (χ1n) is 4.35. The Hall–Kier alpha value is 0.730. The molecule has 0 aromatic carbocycles.